The third-order valence-electron chi connectivity index (χ3n) is 5.05. The second-order valence-electron chi connectivity index (χ2n) is 7.31. The molecule has 5 rings (SSSR count). The second-order valence-corrected chi connectivity index (χ2v) is 8.40. The summed E-state index contributed by atoms with van der Waals surface area (Å²) in [6.45, 7) is 4.81. The van der Waals surface area contributed by atoms with Crippen LogP contribution >= 0.6 is 11.3 Å². The summed E-state index contributed by atoms with van der Waals surface area (Å²) >= 11 is 1.66. The van der Waals surface area contributed by atoms with E-state index in [-0.39, 0.29) is 6.04 Å². The first-order valence-electron chi connectivity index (χ1n) is 9.81. The van der Waals surface area contributed by atoms with Crippen molar-refractivity contribution in [2.24, 2.45) is 0 Å². The number of rotatable bonds is 4. The minimum Gasteiger partial charge on any atom is -0.493 e. The molecule has 1 aliphatic rings. The summed E-state index contributed by atoms with van der Waals surface area (Å²) in [4.78, 5) is 15.0. The number of nitrogens with zero attached hydrogens (tertiary/aromatic N) is 5. The molecule has 152 valence electrons. The van der Waals surface area contributed by atoms with Crippen LogP contribution < -0.4 is 9.47 Å². The number of thiazole rings is 1. The molecule has 0 fully saturated rings. The number of fused-ring (bicyclic) bond motifs is 3. The van der Waals surface area contributed by atoms with E-state index in [1.54, 1.807) is 24.8 Å². The molecule has 0 atom stereocenters. The van der Waals surface area contributed by atoms with Gasteiger partial charge in [0.2, 0.25) is 5.88 Å². The van der Waals surface area contributed by atoms with E-state index in [1.807, 2.05) is 29.1 Å². The van der Waals surface area contributed by atoms with Crippen LogP contribution in [0.2, 0.25) is 0 Å². The van der Waals surface area contributed by atoms with Crippen molar-refractivity contribution in [3.05, 3.63) is 47.7 Å². The Morgan fingerprint density at radius 3 is 2.77 bits per heavy atom. The minimum atomic E-state index is 0.219. The van der Waals surface area contributed by atoms with E-state index >= 15 is 0 Å². The van der Waals surface area contributed by atoms with Crippen LogP contribution in [0.4, 0.5) is 0 Å². The van der Waals surface area contributed by atoms with E-state index in [9.17, 15) is 0 Å². The van der Waals surface area contributed by atoms with E-state index in [2.05, 4.69) is 41.0 Å². The molecule has 3 aromatic heterocycles. The summed E-state index contributed by atoms with van der Waals surface area (Å²) in [7, 11) is 1.61. The van der Waals surface area contributed by atoms with E-state index in [4.69, 9.17) is 14.5 Å². The highest BCUT2D eigenvalue weighted by molar-refractivity contribution is 7.15. The van der Waals surface area contributed by atoms with Gasteiger partial charge < -0.3 is 9.47 Å². The number of aromatic nitrogens is 5. The molecule has 0 aliphatic carbocycles. The smallest absolute Gasteiger partial charge is 0.212 e. The van der Waals surface area contributed by atoms with Crippen LogP contribution in [0.1, 0.15) is 24.8 Å². The van der Waals surface area contributed by atoms with Crippen LogP contribution in [0.15, 0.2) is 42.9 Å². The highest BCUT2D eigenvalue weighted by Crippen LogP contribution is 2.41. The van der Waals surface area contributed by atoms with Crippen molar-refractivity contribution in [1.82, 2.24) is 24.7 Å². The van der Waals surface area contributed by atoms with Crippen molar-refractivity contribution in [3.8, 4) is 44.8 Å². The summed E-state index contributed by atoms with van der Waals surface area (Å²) in [5.74, 6) is 2.25. The summed E-state index contributed by atoms with van der Waals surface area (Å²) in [5, 5.41) is 5.24. The fourth-order valence-electron chi connectivity index (χ4n) is 3.55. The van der Waals surface area contributed by atoms with Gasteiger partial charge in [-0.15, -0.1) is 11.3 Å². The Morgan fingerprint density at radius 2 is 2.00 bits per heavy atom. The van der Waals surface area contributed by atoms with Crippen molar-refractivity contribution < 1.29 is 9.47 Å². The molecular formula is C22H21N5O2S. The second kappa shape index (κ2) is 7.53. The molecule has 1 aromatic carbocycles. The minimum absolute atomic E-state index is 0.219. The fourth-order valence-corrected chi connectivity index (χ4v) is 4.60. The molecule has 8 heteroatoms. The van der Waals surface area contributed by atoms with Crippen molar-refractivity contribution in [3.63, 3.8) is 0 Å². The first kappa shape index (κ1) is 18.7. The molecule has 30 heavy (non-hydrogen) atoms. The monoisotopic (exact) mass is 419 g/mol. The molecule has 0 spiro atoms. The van der Waals surface area contributed by atoms with Gasteiger partial charge in [0.25, 0.3) is 0 Å². The van der Waals surface area contributed by atoms with Crippen molar-refractivity contribution >= 4 is 11.3 Å². The highest BCUT2D eigenvalue weighted by atomic mass is 32.1. The summed E-state index contributed by atoms with van der Waals surface area (Å²) in [5.41, 5.74) is 4.03. The van der Waals surface area contributed by atoms with Gasteiger partial charge in [0.05, 0.1) is 19.4 Å². The molecule has 0 amide bonds. The van der Waals surface area contributed by atoms with E-state index < -0.39 is 0 Å². The van der Waals surface area contributed by atoms with Gasteiger partial charge in [0.15, 0.2) is 10.8 Å². The van der Waals surface area contributed by atoms with Crippen LogP contribution in [-0.4, -0.2) is 38.4 Å². The van der Waals surface area contributed by atoms with Crippen molar-refractivity contribution in [1.29, 1.82) is 0 Å². The first-order chi connectivity index (χ1) is 14.6. The Morgan fingerprint density at radius 1 is 1.13 bits per heavy atom. The maximum atomic E-state index is 6.01. The number of hydrogen-bond donors (Lipinski definition) is 0. The van der Waals surface area contributed by atoms with Gasteiger partial charge in [-0.2, -0.15) is 5.10 Å². The normalized spacial score (nSPS) is 12.8. The van der Waals surface area contributed by atoms with Crippen molar-refractivity contribution in [2.75, 3.05) is 13.7 Å². The number of ether oxygens (including phenoxy) is 2. The van der Waals surface area contributed by atoms with Crippen LogP contribution in [-0.2, 0) is 6.42 Å². The molecule has 0 radical (unpaired) electrons. The van der Waals surface area contributed by atoms with Gasteiger partial charge >= 0.3 is 0 Å². The number of methoxy groups -OCH3 is 1. The van der Waals surface area contributed by atoms with Gasteiger partial charge in [-0.1, -0.05) is 6.07 Å². The van der Waals surface area contributed by atoms with Gasteiger partial charge in [0, 0.05) is 40.7 Å². The zero-order valence-corrected chi connectivity index (χ0v) is 17.8. The average Bonchev–Trinajstić information content (AvgIpc) is 3.38. The summed E-state index contributed by atoms with van der Waals surface area (Å²) in [6.07, 6.45) is 4.22. The Balaban J connectivity index is 1.60. The average molecular weight is 420 g/mol. The lowest BCUT2D eigenvalue weighted by molar-refractivity contribution is 0.327. The zero-order chi connectivity index (χ0) is 20.7. The third-order valence-corrected chi connectivity index (χ3v) is 6.16. The van der Waals surface area contributed by atoms with Gasteiger partial charge in [0.1, 0.15) is 12.1 Å². The van der Waals surface area contributed by atoms with Gasteiger partial charge in [-0.3, -0.25) is 0 Å². The molecule has 0 unspecified atom stereocenters. The topological polar surface area (TPSA) is 75.0 Å². The standard InChI is InChI=1S/C22H21N5O2S/c1-13(2)27-21(24-12-25-27)22-26-20-16-10-14(15-5-7-19(28-3)23-11-15)4-6-17(16)29-9-8-18(20)30-22/h4-7,10-13H,8-9H2,1-3H3. The van der Waals surface area contributed by atoms with Crippen LogP contribution in [0.5, 0.6) is 11.6 Å². The zero-order valence-electron chi connectivity index (χ0n) is 17.0. The fraction of sp³-hybridized carbons (Fsp3) is 0.273. The first-order valence-corrected chi connectivity index (χ1v) is 10.6. The largest absolute Gasteiger partial charge is 0.493 e. The Kier molecular flexibility index (Phi) is 4.71. The van der Waals surface area contributed by atoms with E-state index in [1.165, 1.54) is 4.88 Å². The Labute approximate surface area is 178 Å². The van der Waals surface area contributed by atoms with E-state index in [0.29, 0.717) is 12.5 Å². The molecule has 1 aliphatic heterocycles. The molecule has 0 bridgehead atoms. The number of hydrogen-bond acceptors (Lipinski definition) is 7. The molecule has 0 saturated carbocycles. The van der Waals surface area contributed by atoms with Gasteiger partial charge in [-0.05, 0) is 37.6 Å². The predicted molar refractivity (Wildman–Crippen MR) is 116 cm³/mol. The third kappa shape index (κ3) is 3.23. The predicted octanol–water partition coefficient (Wildman–Crippen LogP) is 4.66. The molecule has 0 saturated heterocycles. The number of pyridine rings is 1. The summed E-state index contributed by atoms with van der Waals surface area (Å²) < 4.78 is 13.1. The lowest BCUT2D eigenvalue weighted by Gasteiger charge is -2.10. The van der Waals surface area contributed by atoms with Crippen molar-refractivity contribution in [2.45, 2.75) is 26.3 Å². The van der Waals surface area contributed by atoms with Crippen LogP contribution in [0.3, 0.4) is 0 Å². The Bertz CT molecular complexity index is 1200. The molecule has 7 nitrogen and oxygen atoms in total. The molecule has 4 heterocycles. The van der Waals surface area contributed by atoms with Gasteiger partial charge in [-0.25, -0.2) is 19.6 Å². The number of benzene rings is 1. The summed E-state index contributed by atoms with van der Waals surface area (Å²) in [6, 6.07) is 10.3. The lowest BCUT2D eigenvalue weighted by atomic mass is 10.0. The molecule has 0 N–H and O–H groups in total. The maximum absolute atomic E-state index is 6.01. The molecular weight excluding hydrogens is 398 g/mol. The Hall–Kier alpha value is -3.26. The quantitative estimate of drug-likeness (QED) is 0.479. The maximum Gasteiger partial charge on any atom is 0.212 e. The molecule has 4 aromatic rings. The van der Waals surface area contributed by atoms with E-state index in [0.717, 1.165) is 45.4 Å². The highest BCUT2D eigenvalue weighted by Gasteiger charge is 2.24. The van der Waals surface area contributed by atoms with Crippen LogP contribution in [0, 0.1) is 0 Å². The van der Waals surface area contributed by atoms with Crippen LogP contribution in [0.25, 0.3) is 33.2 Å². The SMILES string of the molecule is COc1ccc(-c2ccc3c(c2)-c2nc(-c4ncnn4C(C)C)sc2CCO3)cn1. The lowest BCUT2D eigenvalue weighted by Crippen LogP contribution is -2.04.